The number of hydrogen-bond donors (Lipinski definition) is 2. The highest BCUT2D eigenvalue weighted by Gasteiger charge is 2.19. The molecule has 0 unspecified atom stereocenters. The second-order valence-corrected chi connectivity index (χ2v) is 4.15. The van der Waals surface area contributed by atoms with E-state index in [1.165, 1.54) is 12.1 Å². The molecule has 0 atom stereocenters. The van der Waals surface area contributed by atoms with Crippen LogP contribution in [0.1, 0.15) is 15.9 Å². The van der Waals surface area contributed by atoms with E-state index < -0.39 is 28.9 Å². The van der Waals surface area contributed by atoms with Crippen LogP contribution in [0.4, 0.5) is 14.5 Å². The van der Waals surface area contributed by atoms with Gasteiger partial charge in [-0.2, -0.15) is 0 Å². The number of hydrogen-bond acceptors (Lipinski definition) is 3. The Bertz CT molecular complexity index is 686. The molecular formula is C14H11F2NO3. The Morgan fingerprint density at radius 1 is 1.20 bits per heavy atom. The first-order valence-electron chi connectivity index (χ1n) is 5.65. The van der Waals surface area contributed by atoms with Crippen LogP contribution < -0.4 is 10.5 Å². The van der Waals surface area contributed by atoms with Gasteiger partial charge < -0.3 is 15.6 Å². The van der Waals surface area contributed by atoms with Crippen molar-refractivity contribution in [2.75, 3.05) is 5.73 Å². The van der Waals surface area contributed by atoms with Crippen LogP contribution in [-0.2, 0) is 0 Å². The standard InChI is InChI=1S/C14H11F2NO3/c1-7-2-3-8(15)6-11(7)20-10-5-4-9(16)13(17)12(10)14(18)19/h2-6H,17H2,1H3,(H,18,19). The maximum absolute atomic E-state index is 13.3. The first-order chi connectivity index (χ1) is 9.40. The predicted molar refractivity (Wildman–Crippen MR) is 69.0 cm³/mol. The molecular weight excluding hydrogens is 268 g/mol. The van der Waals surface area contributed by atoms with Crippen LogP contribution in [0.15, 0.2) is 30.3 Å². The Morgan fingerprint density at radius 3 is 2.55 bits per heavy atom. The number of nitrogens with two attached hydrogens (primary N) is 1. The minimum atomic E-state index is -1.42. The van der Waals surface area contributed by atoms with Gasteiger partial charge in [0, 0.05) is 6.07 Å². The summed E-state index contributed by atoms with van der Waals surface area (Å²) in [6.07, 6.45) is 0. The summed E-state index contributed by atoms with van der Waals surface area (Å²) in [5.74, 6) is -2.82. The van der Waals surface area contributed by atoms with Gasteiger partial charge in [0.2, 0.25) is 0 Å². The van der Waals surface area contributed by atoms with Gasteiger partial charge in [0.1, 0.15) is 28.7 Å². The number of anilines is 1. The lowest BCUT2D eigenvalue weighted by Crippen LogP contribution is -2.07. The number of halogens is 2. The van der Waals surface area contributed by atoms with E-state index in [4.69, 9.17) is 15.6 Å². The zero-order valence-electron chi connectivity index (χ0n) is 10.5. The van der Waals surface area contributed by atoms with E-state index in [-0.39, 0.29) is 11.5 Å². The number of aromatic carboxylic acids is 1. The summed E-state index contributed by atoms with van der Waals surface area (Å²) in [6, 6.07) is 5.98. The Balaban J connectivity index is 2.51. The van der Waals surface area contributed by atoms with E-state index in [0.717, 1.165) is 18.2 Å². The van der Waals surface area contributed by atoms with Crippen molar-refractivity contribution in [3.8, 4) is 11.5 Å². The van der Waals surface area contributed by atoms with Crippen molar-refractivity contribution < 1.29 is 23.4 Å². The number of carbonyl (C=O) groups is 1. The molecule has 0 spiro atoms. The average Bonchev–Trinajstić information content (AvgIpc) is 2.38. The van der Waals surface area contributed by atoms with E-state index >= 15 is 0 Å². The summed E-state index contributed by atoms with van der Waals surface area (Å²) in [5.41, 5.74) is 4.98. The number of benzene rings is 2. The second kappa shape index (κ2) is 5.16. The quantitative estimate of drug-likeness (QED) is 0.845. The molecule has 2 rings (SSSR count). The number of ether oxygens (including phenoxy) is 1. The van der Waals surface area contributed by atoms with Crippen LogP contribution in [0, 0.1) is 18.6 Å². The molecule has 0 amide bonds. The highest BCUT2D eigenvalue weighted by Crippen LogP contribution is 2.32. The van der Waals surface area contributed by atoms with Gasteiger partial charge in [-0.25, -0.2) is 13.6 Å². The van der Waals surface area contributed by atoms with Gasteiger partial charge in [0.05, 0.1) is 5.69 Å². The third-order valence-electron chi connectivity index (χ3n) is 2.74. The van der Waals surface area contributed by atoms with Crippen LogP contribution in [-0.4, -0.2) is 11.1 Å². The summed E-state index contributed by atoms with van der Waals surface area (Å²) in [4.78, 5) is 11.1. The lowest BCUT2D eigenvalue weighted by atomic mass is 10.1. The third kappa shape index (κ3) is 2.54. The smallest absolute Gasteiger partial charge is 0.341 e. The van der Waals surface area contributed by atoms with Crippen molar-refractivity contribution in [1.82, 2.24) is 0 Å². The topological polar surface area (TPSA) is 72.5 Å². The Labute approximate surface area is 113 Å². The number of rotatable bonds is 3. The van der Waals surface area contributed by atoms with Gasteiger partial charge in [-0.05, 0) is 30.7 Å². The molecule has 0 aromatic heterocycles. The van der Waals surface area contributed by atoms with Crippen molar-refractivity contribution in [3.05, 3.63) is 53.1 Å². The molecule has 20 heavy (non-hydrogen) atoms. The monoisotopic (exact) mass is 279 g/mol. The largest absolute Gasteiger partial charge is 0.477 e. The summed E-state index contributed by atoms with van der Waals surface area (Å²) >= 11 is 0. The van der Waals surface area contributed by atoms with Gasteiger partial charge in [-0.15, -0.1) is 0 Å². The SMILES string of the molecule is Cc1ccc(F)cc1Oc1ccc(F)c(N)c1C(=O)O. The fraction of sp³-hybridized carbons (Fsp3) is 0.0714. The minimum Gasteiger partial charge on any atom is -0.477 e. The van der Waals surface area contributed by atoms with E-state index in [1.54, 1.807) is 6.92 Å². The fourth-order valence-electron chi connectivity index (χ4n) is 1.68. The molecule has 2 aromatic carbocycles. The number of aryl methyl sites for hydroxylation is 1. The van der Waals surface area contributed by atoms with Crippen molar-refractivity contribution >= 4 is 11.7 Å². The molecule has 0 saturated heterocycles. The second-order valence-electron chi connectivity index (χ2n) is 4.15. The van der Waals surface area contributed by atoms with Crippen molar-refractivity contribution in [2.24, 2.45) is 0 Å². The van der Waals surface area contributed by atoms with E-state index in [9.17, 15) is 13.6 Å². The lowest BCUT2D eigenvalue weighted by molar-refractivity contribution is 0.0695. The molecule has 0 aliphatic heterocycles. The Hall–Kier alpha value is -2.63. The summed E-state index contributed by atoms with van der Waals surface area (Å²) < 4.78 is 31.8. The maximum Gasteiger partial charge on any atom is 0.341 e. The summed E-state index contributed by atoms with van der Waals surface area (Å²) in [6.45, 7) is 1.67. The fourth-order valence-corrected chi connectivity index (χ4v) is 1.68. The molecule has 3 N–H and O–H groups in total. The van der Waals surface area contributed by atoms with Crippen LogP contribution in [0.3, 0.4) is 0 Å². The first kappa shape index (κ1) is 13.8. The van der Waals surface area contributed by atoms with Crippen molar-refractivity contribution in [2.45, 2.75) is 6.92 Å². The highest BCUT2D eigenvalue weighted by molar-refractivity contribution is 5.97. The molecule has 4 nitrogen and oxygen atoms in total. The zero-order valence-corrected chi connectivity index (χ0v) is 10.5. The van der Waals surface area contributed by atoms with Crippen LogP contribution in [0.5, 0.6) is 11.5 Å². The van der Waals surface area contributed by atoms with Gasteiger partial charge in [0.25, 0.3) is 0 Å². The first-order valence-corrected chi connectivity index (χ1v) is 5.65. The normalized spacial score (nSPS) is 10.3. The molecule has 0 aliphatic carbocycles. The molecule has 0 bridgehead atoms. The molecule has 0 saturated carbocycles. The molecule has 0 radical (unpaired) electrons. The molecule has 0 aliphatic rings. The summed E-state index contributed by atoms with van der Waals surface area (Å²) in [5, 5.41) is 9.07. The highest BCUT2D eigenvalue weighted by atomic mass is 19.1. The number of nitrogen functional groups attached to an aromatic ring is 1. The summed E-state index contributed by atoms with van der Waals surface area (Å²) in [7, 11) is 0. The van der Waals surface area contributed by atoms with Gasteiger partial charge in [-0.3, -0.25) is 0 Å². The Morgan fingerprint density at radius 2 is 1.90 bits per heavy atom. The zero-order chi connectivity index (χ0) is 14.9. The molecule has 0 fully saturated rings. The van der Waals surface area contributed by atoms with Crippen molar-refractivity contribution in [3.63, 3.8) is 0 Å². The average molecular weight is 279 g/mol. The van der Waals surface area contributed by atoms with Gasteiger partial charge in [0.15, 0.2) is 0 Å². The maximum atomic E-state index is 13.3. The van der Waals surface area contributed by atoms with E-state index in [0.29, 0.717) is 5.56 Å². The molecule has 0 heterocycles. The third-order valence-corrected chi connectivity index (χ3v) is 2.74. The van der Waals surface area contributed by atoms with Gasteiger partial charge in [-0.1, -0.05) is 6.07 Å². The minimum absolute atomic E-state index is 0.138. The van der Waals surface area contributed by atoms with Crippen LogP contribution in [0.2, 0.25) is 0 Å². The predicted octanol–water partition coefficient (Wildman–Crippen LogP) is 3.35. The Kier molecular flexibility index (Phi) is 3.56. The number of carboxylic acid groups (broad SMARTS) is 1. The molecule has 2 aromatic rings. The molecule has 104 valence electrons. The van der Waals surface area contributed by atoms with Crippen LogP contribution in [0.25, 0.3) is 0 Å². The van der Waals surface area contributed by atoms with Crippen LogP contribution >= 0.6 is 0 Å². The number of carboxylic acids is 1. The lowest BCUT2D eigenvalue weighted by Gasteiger charge is -2.12. The molecule has 6 heteroatoms. The van der Waals surface area contributed by atoms with Gasteiger partial charge >= 0.3 is 5.97 Å². The van der Waals surface area contributed by atoms with Crippen molar-refractivity contribution in [1.29, 1.82) is 0 Å². The van der Waals surface area contributed by atoms with E-state index in [1.807, 2.05) is 0 Å². The van der Waals surface area contributed by atoms with E-state index in [2.05, 4.69) is 0 Å².